The van der Waals surface area contributed by atoms with Crippen molar-refractivity contribution in [3.8, 4) is 11.1 Å². The zero-order valence-electron chi connectivity index (χ0n) is 18.1. The van der Waals surface area contributed by atoms with E-state index in [1.807, 2.05) is 0 Å². The number of amides is 1. The highest BCUT2D eigenvalue weighted by Gasteiger charge is 2.43. The monoisotopic (exact) mass is 462 g/mol. The molecular formula is C24H26F4N4O. The zero-order valence-corrected chi connectivity index (χ0v) is 18.1. The van der Waals surface area contributed by atoms with Crippen LogP contribution in [0.4, 0.5) is 23.2 Å². The molecule has 1 aromatic heterocycles. The van der Waals surface area contributed by atoms with E-state index in [9.17, 15) is 22.4 Å². The molecule has 5 nitrogen and oxygen atoms in total. The molecule has 1 aliphatic carbocycles. The van der Waals surface area contributed by atoms with Crippen LogP contribution in [0.5, 0.6) is 0 Å². The predicted octanol–water partition coefficient (Wildman–Crippen LogP) is 4.28. The number of carbonyl (C=O) groups is 1. The van der Waals surface area contributed by atoms with Gasteiger partial charge in [0.25, 0.3) is 5.91 Å². The quantitative estimate of drug-likeness (QED) is 0.667. The van der Waals surface area contributed by atoms with Crippen molar-refractivity contribution < 1.29 is 22.4 Å². The summed E-state index contributed by atoms with van der Waals surface area (Å²) in [5.74, 6) is -4.74. The van der Waals surface area contributed by atoms with Crippen molar-refractivity contribution >= 4 is 11.6 Å². The van der Waals surface area contributed by atoms with E-state index in [4.69, 9.17) is 0 Å². The first kappa shape index (κ1) is 22.1. The molecule has 3 aliphatic rings. The van der Waals surface area contributed by atoms with Crippen LogP contribution >= 0.6 is 0 Å². The van der Waals surface area contributed by atoms with Crippen LogP contribution in [-0.4, -0.2) is 48.0 Å². The van der Waals surface area contributed by atoms with Gasteiger partial charge in [0.05, 0.1) is 11.3 Å². The first-order valence-electron chi connectivity index (χ1n) is 11.4. The summed E-state index contributed by atoms with van der Waals surface area (Å²) in [5, 5.41) is 6.29. The van der Waals surface area contributed by atoms with E-state index in [-0.39, 0.29) is 29.5 Å². The Morgan fingerprint density at radius 3 is 2.58 bits per heavy atom. The molecule has 3 heterocycles. The third-order valence-corrected chi connectivity index (χ3v) is 7.08. The second-order valence-electron chi connectivity index (χ2n) is 9.49. The van der Waals surface area contributed by atoms with Crippen LogP contribution in [0.15, 0.2) is 30.6 Å². The summed E-state index contributed by atoms with van der Waals surface area (Å²) in [4.78, 5) is 19.5. The molecule has 33 heavy (non-hydrogen) atoms. The molecule has 2 atom stereocenters. The van der Waals surface area contributed by atoms with Gasteiger partial charge in [-0.1, -0.05) is 0 Å². The number of nitrogens with one attached hydrogen (secondary N) is 2. The Bertz CT molecular complexity index is 1050. The lowest BCUT2D eigenvalue weighted by molar-refractivity contribution is 0.00711. The topological polar surface area (TPSA) is 57.3 Å². The van der Waals surface area contributed by atoms with Gasteiger partial charge in [-0.05, 0) is 49.9 Å². The lowest BCUT2D eigenvalue weighted by Crippen LogP contribution is -2.43. The van der Waals surface area contributed by atoms with Gasteiger partial charge in [0.2, 0.25) is 5.92 Å². The van der Waals surface area contributed by atoms with E-state index in [0.717, 1.165) is 31.9 Å². The lowest BCUT2D eigenvalue weighted by atomic mass is 9.96. The van der Waals surface area contributed by atoms with Crippen molar-refractivity contribution in [1.29, 1.82) is 0 Å². The van der Waals surface area contributed by atoms with Gasteiger partial charge in [0.1, 0.15) is 11.6 Å². The molecule has 1 spiro atoms. The maximum Gasteiger partial charge on any atom is 0.255 e. The van der Waals surface area contributed by atoms with E-state index < -0.39 is 35.9 Å². The number of anilines is 1. The highest BCUT2D eigenvalue weighted by molar-refractivity contribution is 6.03. The van der Waals surface area contributed by atoms with E-state index >= 15 is 0 Å². The van der Waals surface area contributed by atoms with Crippen molar-refractivity contribution in [3.63, 3.8) is 0 Å². The minimum absolute atomic E-state index is 0.0605. The molecule has 1 amide bonds. The van der Waals surface area contributed by atoms with Crippen LogP contribution in [0, 0.1) is 11.6 Å². The molecular weight excluding hydrogens is 436 g/mol. The molecule has 1 saturated carbocycles. The second kappa shape index (κ2) is 8.27. The minimum Gasteiger partial charge on any atom is -0.368 e. The van der Waals surface area contributed by atoms with Crippen LogP contribution in [0.3, 0.4) is 0 Å². The number of alkyl halides is 2. The van der Waals surface area contributed by atoms with Crippen molar-refractivity contribution in [2.24, 2.45) is 0 Å². The van der Waals surface area contributed by atoms with Gasteiger partial charge in [-0.3, -0.25) is 9.78 Å². The summed E-state index contributed by atoms with van der Waals surface area (Å²) in [5.41, 5.74) is 1.41. The van der Waals surface area contributed by atoms with Gasteiger partial charge >= 0.3 is 0 Å². The minimum atomic E-state index is -2.78. The maximum absolute atomic E-state index is 14.0. The Morgan fingerprint density at radius 1 is 1.12 bits per heavy atom. The van der Waals surface area contributed by atoms with Gasteiger partial charge < -0.3 is 15.5 Å². The van der Waals surface area contributed by atoms with Gasteiger partial charge in [0.15, 0.2) is 0 Å². The first-order valence-corrected chi connectivity index (χ1v) is 11.4. The molecule has 2 N–H and O–H groups in total. The van der Waals surface area contributed by atoms with Gasteiger partial charge in [0, 0.05) is 61.5 Å². The van der Waals surface area contributed by atoms with Gasteiger partial charge in [-0.25, -0.2) is 17.6 Å². The molecule has 1 aromatic carbocycles. The van der Waals surface area contributed by atoms with Crippen molar-refractivity contribution in [2.45, 2.75) is 56.0 Å². The van der Waals surface area contributed by atoms with Crippen LogP contribution in [0.25, 0.3) is 11.1 Å². The molecule has 2 aliphatic heterocycles. The zero-order chi connectivity index (χ0) is 23.2. The summed E-state index contributed by atoms with van der Waals surface area (Å²) in [6.07, 6.45) is 5.40. The average molecular weight is 462 g/mol. The standard InChI is InChI=1S/C24H26F4N4O/c25-16-8-15(9-17(26)10-16)19-12-29-13-20(22(33)31-18-2-4-24(27,28)11-18)21(19)32-7-5-23(14-32)3-1-6-30-23/h8-10,12-13,18,30H,1-7,11,14H2,(H,31,33)/t18-,23?/m1/s1. The molecule has 2 saturated heterocycles. The van der Waals surface area contributed by atoms with E-state index in [2.05, 4.69) is 20.5 Å². The number of hydrogen-bond donors (Lipinski definition) is 2. The molecule has 176 valence electrons. The summed E-state index contributed by atoms with van der Waals surface area (Å²) in [7, 11) is 0. The normalized spacial score (nSPS) is 26.3. The summed E-state index contributed by atoms with van der Waals surface area (Å²) in [6, 6.07) is 2.59. The van der Waals surface area contributed by atoms with Crippen molar-refractivity contribution in [1.82, 2.24) is 15.6 Å². The third-order valence-electron chi connectivity index (χ3n) is 7.08. The van der Waals surface area contributed by atoms with Crippen LogP contribution in [0.1, 0.15) is 48.9 Å². The van der Waals surface area contributed by atoms with E-state index in [0.29, 0.717) is 24.3 Å². The predicted molar refractivity (Wildman–Crippen MR) is 116 cm³/mol. The van der Waals surface area contributed by atoms with Crippen LogP contribution in [0.2, 0.25) is 0 Å². The fraction of sp³-hybridized carbons (Fsp3) is 0.500. The van der Waals surface area contributed by atoms with Crippen LogP contribution < -0.4 is 15.5 Å². The fourth-order valence-corrected chi connectivity index (χ4v) is 5.50. The summed E-state index contributed by atoms with van der Waals surface area (Å²) < 4.78 is 55.4. The molecule has 0 radical (unpaired) electrons. The molecule has 5 rings (SSSR count). The number of hydrogen-bond acceptors (Lipinski definition) is 4. The lowest BCUT2D eigenvalue weighted by Gasteiger charge is -2.28. The Morgan fingerprint density at radius 2 is 1.91 bits per heavy atom. The highest BCUT2D eigenvalue weighted by Crippen LogP contribution is 2.40. The molecule has 3 fully saturated rings. The summed E-state index contributed by atoms with van der Waals surface area (Å²) >= 11 is 0. The van der Waals surface area contributed by atoms with Crippen LogP contribution in [-0.2, 0) is 0 Å². The van der Waals surface area contributed by atoms with E-state index in [1.54, 1.807) is 0 Å². The molecule has 9 heteroatoms. The van der Waals surface area contributed by atoms with Gasteiger partial charge in [-0.15, -0.1) is 0 Å². The Balaban J connectivity index is 1.53. The largest absolute Gasteiger partial charge is 0.368 e. The molecule has 0 bridgehead atoms. The first-order chi connectivity index (χ1) is 15.7. The summed E-state index contributed by atoms with van der Waals surface area (Å²) in [6.45, 7) is 2.22. The Hall–Kier alpha value is -2.68. The number of carbonyl (C=O) groups excluding carboxylic acids is 1. The second-order valence-corrected chi connectivity index (χ2v) is 9.49. The highest BCUT2D eigenvalue weighted by atomic mass is 19.3. The van der Waals surface area contributed by atoms with E-state index in [1.165, 1.54) is 24.5 Å². The molecule has 2 aromatic rings. The number of halogens is 4. The number of pyridine rings is 1. The smallest absolute Gasteiger partial charge is 0.255 e. The fourth-order valence-electron chi connectivity index (χ4n) is 5.50. The Kier molecular flexibility index (Phi) is 5.55. The third kappa shape index (κ3) is 4.43. The Labute approximate surface area is 189 Å². The maximum atomic E-state index is 14.0. The van der Waals surface area contributed by atoms with Crippen molar-refractivity contribution in [2.75, 3.05) is 24.5 Å². The number of nitrogens with zero attached hydrogens (tertiary/aromatic N) is 2. The molecule has 1 unspecified atom stereocenters. The number of aromatic nitrogens is 1. The number of rotatable bonds is 4. The average Bonchev–Trinajstić information content (AvgIpc) is 3.48. The van der Waals surface area contributed by atoms with Crippen molar-refractivity contribution in [3.05, 3.63) is 47.8 Å². The SMILES string of the molecule is O=C(N[C@@H]1CCC(F)(F)C1)c1cncc(-c2cc(F)cc(F)c2)c1N1CCC2(CCCN2)C1. The van der Waals surface area contributed by atoms with Gasteiger partial charge in [-0.2, -0.15) is 0 Å². The number of benzene rings is 1.